The van der Waals surface area contributed by atoms with E-state index in [0.717, 1.165) is 31.0 Å². The summed E-state index contributed by atoms with van der Waals surface area (Å²) in [6.45, 7) is 4.08. The third-order valence-electron chi connectivity index (χ3n) is 3.41. The van der Waals surface area contributed by atoms with Gasteiger partial charge in [-0.1, -0.05) is 6.92 Å². The van der Waals surface area contributed by atoms with E-state index in [9.17, 15) is 4.79 Å². The Bertz CT molecular complexity index is 253. The first kappa shape index (κ1) is 11.6. The molecular formula is C11H19NOS2. The van der Waals surface area contributed by atoms with E-state index in [1.165, 1.54) is 12.8 Å². The molecule has 1 heterocycles. The van der Waals surface area contributed by atoms with Gasteiger partial charge in [0.1, 0.15) is 0 Å². The van der Waals surface area contributed by atoms with Crippen molar-refractivity contribution in [2.45, 2.75) is 31.4 Å². The van der Waals surface area contributed by atoms with E-state index in [4.69, 9.17) is 0 Å². The molecule has 0 bridgehead atoms. The van der Waals surface area contributed by atoms with Gasteiger partial charge in [0, 0.05) is 30.5 Å². The minimum atomic E-state index is 0.272. The van der Waals surface area contributed by atoms with Crippen LogP contribution in [0, 0.1) is 5.41 Å². The van der Waals surface area contributed by atoms with E-state index < -0.39 is 0 Å². The predicted octanol–water partition coefficient (Wildman–Crippen LogP) is 2.05. The summed E-state index contributed by atoms with van der Waals surface area (Å²) in [5.41, 5.74) is 0.272. The molecule has 86 valence electrons. The number of hydrogen-bond donors (Lipinski definition) is 1. The van der Waals surface area contributed by atoms with Gasteiger partial charge in [0.25, 0.3) is 0 Å². The lowest BCUT2D eigenvalue weighted by molar-refractivity contribution is -0.132. The molecule has 0 N–H and O–H groups in total. The molecule has 0 aromatic carbocycles. The van der Waals surface area contributed by atoms with Crippen LogP contribution in [0.4, 0.5) is 0 Å². The Balaban J connectivity index is 1.85. The van der Waals surface area contributed by atoms with Crippen LogP contribution in [0.5, 0.6) is 0 Å². The number of thiol groups is 1. The highest BCUT2D eigenvalue weighted by atomic mass is 32.2. The fourth-order valence-corrected chi connectivity index (χ4v) is 3.49. The first-order valence-corrected chi connectivity index (χ1v) is 7.34. The van der Waals surface area contributed by atoms with Crippen LogP contribution in [-0.2, 0) is 4.79 Å². The molecule has 15 heavy (non-hydrogen) atoms. The van der Waals surface area contributed by atoms with E-state index in [1.807, 2.05) is 16.7 Å². The van der Waals surface area contributed by atoms with Gasteiger partial charge in [0.05, 0.1) is 0 Å². The van der Waals surface area contributed by atoms with Crippen LogP contribution in [0.2, 0.25) is 0 Å². The smallest absolute Gasteiger partial charge is 0.223 e. The quantitative estimate of drug-likeness (QED) is 0.768. The van der Waals surface area contributed by atoms with Crippen LogP contribution in [0.25, 0.3) is 0 Å². The van der Waals surface area contributed by atoms with E-state index in [2.05, 4.69) is 19.6 Å². The summed E-state index contributed by atoms with van der Waals surface area (Å²) in [7, 11) is 0. The summed E-state index contributed by atoms with van der Waals surface area (Å²) in [5.74, 6) is 2.33. The van der Waals surface area contributed by atoms with Crippen molar-refractivity contribution in [2.75, 3.05) is 24.6 Å². The molecule has 1 aliphatic carbocycles. The minimum absolute atomic E-state index is 0.272. The number of nitrogens with zero attached hydrogens (tertiary/aromatic N) is 1. The molecule has 2 aliphatic rings. The number of thioether (sulfide) groups is 1. The molecule has 2 fully saturated rings. The van der Waals surface area contributed by atoms with Gasteiger partial charge in [-0.15, -0.1) is 0 Å². The van der Waals surface area contributed by atoms with Crippen molar-refractivity contribution >= 4 is 30.3 Å². The summed E-state index contributed by atoms with van der Waals surface area (Å²) < 4.78 is 0. The molecular weight excluding hydrogens is 226 g/mol. The fraction of sp³-hybridized carbons (Fsp3) is 0.909. The third-order valence-corrected chi connectivity index (χ3v) is 5.22. The highest BCUT2D eigenvalue weighted by molar-refractivity contribution is 7.99. The van der Waals surface area contributed by atoms with E-state index in [0.29, 0.717) is 11.2 Å². The lowest BCUT2D eigenvalue weighted by atomic mass is 10.0. The standard InChI is InChI=1S/C11H19NOS2/c1-9-7-12(4-5-15-9)10(13)6-11(8-14)2-3-11/h9,14H,2-8H2,1H3. The Morgan fingerprint density at radius 1 is 1.60 bits per heavy atom. The van der Waals surface area contributed by atoms with Gasteiger partial charge in [-0.25, -0.2) is 0 Å². The molecule has 0 radical (unpaired) electrons. The van der Waals surface area contributed by atoms with Gasteiger partial charge in [-0.3, -0.25) is 4.79 Å². The number of carbonyl (C=O) groups is 1. The zero-order chi connectivity index (χ0) is 10.9. The summed E-state index contributed by atoms with van der Waals surface area (Å²) in [6, 6.07) is 0. The average Bonchev–Trinajstić information content (AvgIpc) is 2.98. The molecule has 0 aromatic rings. The first-order valence-electron chi connectivity index (χ1n) is 5.65. The van der Waals surface area contributed by atoms with Gasteiger partial charge in [0.15, 0.2) is 0 Å². The molecule has 1 unspecified atom stereocenters. The molecule has 4 heteroatoms. The zero-order valence-electron chi connectivity index (χ0n) is 9.24. The van der Waals surface area contributed by atoms with E-state index in [-0.39, 0.29) is 5.41 Å². The van der Waals surface area contributed by atoms with E-state index >= 15 is 0 Å². The Kier molecular flexibility index (Phi) is 3.56. The number of hydrogen-bond acceptors (Lipinski definition) is 3. The highest BCUT2D eigenvalue weighted by Crippen LogP contribution is 2.49. The topological polar surface area (TPSA) is 20.3 Å². The van der Waals surface area contributed by atoms with Gasteiger partial charge in [-0.2, -0.15) is 24.4 Å². The van der Waals surface area contributed by atoms with Crippen molar-refractivity contribution in [2.24, 2.45) is 5.41 Å². The lowest BCUT2D eigenvalue weighted by Gasteiger charge is -2.31. The fourth-order valence-electron chi connectivity index (χ4n) is 2.05. The Hall–Kier alpha value is 0.170. The Morgan fingerprint density at radius 2 is 2.33 bits per heavy atom. The second-order valence-corrected chi connectivity index (χ2v) is 6.72. The molecule has 0 spiro atoms. The third kappa shape index (κ3) is 2.84. The van der Waals surface area contributed by atoms with Crippen molar-refractivity contribution in [1.82, 2.24) is 4.90 Å². The predicted molar refractivity (Wildman–Crippen MR) is 68.6 cm³/mol. The maximum atomic E-state index is 12.0. The lowest BCUT2D eigenvalue weighted by Crippen LogP contribution is -2.42. The van der Waals surface area contributed by atoms with Crippen molar-refractivity contribution < 1.29 is 4.79 Å². The van der Waals surface area contributed by atoms with Gasteiger partial charge in [-0.05, 0) is 24.0 Å². The first-order chi connectivity index (χ1) is 7.15. The summed E-state index contributed by atoms with van der Waals surface area (Å²) in [6.07, 6.45) is 3.12. The van der Waals surface area contributed by atoms with Crippen molar-refractivity contribution in [3.05, 3.63) is 0 Å². The summed E-state index contributed by atoms with van der Waals surface area (Å²) in [5, 5.41) is 0.605. The summed E-state index contributed by atoms with van der Waals surface area (Å²) >= 11 is 6.31. The van der Waals surface area contributed by atoms with Crippen molar-refractivity contribution in [1.29, 1.82) is 0 Å². The van der Waals surface area contributed by atoms with Crippen LogP contribution in [0.1, 0.15) is 26.2 Å². The summed E-state index contributed by atoms with van der Waals surface area (Å²) in [4.78, 5) is 14.1. The van der Waals surface area contributed by atoms with Crippen LogP contribution in [-0.4, -0.2) is 40.7 Å². The Labute approximate surface area is 102 Å². The second kappa shape index (κ2) is 4.58. The molecule has 1 saturated carbocycles. The molecule has 2 nitrogen and oxygen atoms in total. The molecule has 1 atom stereocenters. The monoisotopic (exact) mass is 245 g/mol. The van der Waals surface area contributed by atoms with Gasteiger partial charge >= 0.3 is 0 Å². The maximum Gasteiger partial charge on any atom is 0.223 e. The van der Waals surface area contributed by atoms with Crippen molar-refractivity contribution in [3.63, 3.8) is 0 Å². The molecule has 1 saturated heterocycles. The highest BCUT2D eigenvalue weighted by Gasteiger charge is 2.43. The van der Waals surface area contributed by atoms with Crippen LogP contribution in [0.3, 0.4) is 0 Å². The molecule has 1 amide bonds. The second-order valence-electron chi connectivity index (χ2n) is 4.86. The van der Waals surface area contributed by atoms with Crippen molar-refractivity contribution in [3.8, 4) is 0 Å². The SMILES string of the molecule is CC1CN(C(=O)CC2(CS)CC2)CCS1. The zero-order valence-corrected chi connectivity index (χ0v) is 10.9. The van der Waals surface area contributed by atoms with Gasteiger partial charge in [0.2, 0.25) is 5.91 Å². The number of carbonyl (C=O) groups excluding carboxylic acids is 1. The van der Waals surface area contributed by atoms with Gasteiger partial charge < -0.3 is 4.90 Å². The molecule has 2 rings (SSSR count). The average molecular weight is 245 g/mol. The normalized spacial score (nSPS) is 28.9. The Morgan fingerprint density at radius 3 is 2.87 bits per heavy atom. The van der Waals surface area contributed by atoms with Crippen LogP contribution < -0.4 is 0 Å². The van der Waals surface area contributed by atoms with Crippen LogP contribution in [0.15, 0.2) is 0 Å². The van der Waals surface area contributed by atoms with E-state index in [1.54, 1.807) is 0 Å². The largest absolute Gasteiger partial charge is 0.341 e. The molecule has 1 aliphatic heterocycles. The van der Waals surface area contributed by atoms with Crippen LogP contribution >= 0.6 is 24.4 Å². The molecule has 0 aromatic heterocycles. The maximum absolute atomic E-state index is 12.0. The number of rotatable bonds is 3. The minimum Gasteiger partial charge on any atom is -0.341 e. The number of amides is 1.